The number of methoxy groups -OCH3 is 1. The molecule has 0 spiro atoms. The average Bonchev–Trinajstić information content (AvgIpc) is 2.15. The quantitative estimate of drug-likeness (QED) is 0.383. The lowest BCUT2D eigenvalue weighted by Crippen LogP contribution is -2.31. The normalized spacial score (nSPS) is 12.9. The van der Waals surface area contributed by atoms with Crippen molar-refractivity contribution in [3.05, 3.63) is 0 Å². The molecule has 0 aromatic carbocycles. The molecule has 0 rings (SSSR count). The van der Waals surface area contributed by atoms with Gasteiger partial charge >= 0.3 is 5.97 Å². The zero-order chi connectivity index (χ0) is 11.0. The first-order chi connectivity index (χ1) is 6.57. The highest BCUT2D eigenvalue weighted by atomic mass is 35.5. The lowest BCUT2D eigenvalue weighted by molar-refractivity contribution is -0.140. The fraction of sp³-hybridized carbons (Fsp3) is 0.889. The smallest absolute Gasteiger partial charge is 0.325 e. The van der Waals surface area contributed by atoms with Gasteiger partial charge in [0.1, 0.15) is 5.38 Å². The third-order valence-electron chi connectivity index (χ3n) is 1.74. The van der Waals surface area contributed by atoms with E-state index in [2.05, 4.69) is 15.0 Å². The molecule has 1 N–H and O–H groups in total. The summed E-state index contributed by atoms with van der Waals surface area (Å²) in [6.07, 6.45) is 1.04. The van der Waals surface area contributed by atoms with Crippen molar-refractivity contribution in [2.24, 2.45) is 0 Å². The molecule has 0 aromatic rings. The van der Waals surface area contributed by atoms with E-state index in [-0.39, 0.29) is 5.97 Å². The summed E-state index contributed by atoms with van der Waals surface area (Å²) in [4.78, 5) is 13.0. The number of nitrogens with zero attached hydrogens (tertiary/aromatic N) is 1. The number of carbonyl (C=O) groups is 1. The van der Waals surface area contributed by atoms with Crippen molar-refractivity contribution in [3.8, 4) is 0 Å². The molecule has 0 aromatic heterocycles. The van der Waals surface area contributed by atoms with Gasteiger partial charge in [-0.15, -0.1) is 11.6 Å². The maximum atomic E-state index is 10.9. The van der Waals surface area contributed by atoms with Gasteiger partial charge in [0.25, 0.3) is 0 Å². The van der Waals surface area contributed by atoms with Crippen LogP contribution in [0.3, 0.4) is 0 Å². The fourth-order valence-electron chi connectivity index (χ4n) is 0.960. The minimum Gasteiger partial charge on any atom is -0.468 e. The molecule has 1 atom stereocenters. The van der Waals surface area contributed by atoms with Crippen molar-refractivity contribution in [2.45, 2.75) is 11.8 Å². The van der Waals surface area contributed by atoms with Crippen LogP contribution in [0.5, 0.6) is 0 Å². The average molecular weight is 223 g/mol. The Kier molecular flexibility index (Phi) is 7.84. The number of hydrogen-bond acceptors (Lipinski definition) is 4. The number of ether oxygens (including phenoxy) is 1. The van der Waals surface area contributed by atoms with E-state index in [1.165, 1.54) is 7.11 Å². The summed E-state index contributed by atoms with van der Waals surface area (Å²) in [5.74, 6) is -0.383. The summed E-state index contributed by atoms with van der Waals surface area (Å²) >= 11 is 5.73. The lowest BCUT2D eigenvalue weighted by Gasteiger charge is -2.11. The van der Waals surface area contributed by atoms with Crippen molar-refractivity contribution in [2.75, 3.05) is 40.8 Å². The molecule has 5 heteroatoms. The first-order valence-corrected chi connectivity index (χ1v) is 5.09. The van der Waals surface area contributed by atoms with Gasteiger partial charge in [-0.25, -0.2) is 0 Å². The highest BCUT2D eigenvalue weighted by Crippen LogP contribution is 1.96. The Morgan fingerprint density at radius 1 is 1.57 bits per heavy atom. The zero-order valence-corrected chi connectivity index (χ0v) is 9.80. The SMILES string of the molecule is COC(=O)C(Cl)CNCCCN(C)C. The number of carbonyl (C=O) groups excluding carboxylic acids is 1. The number of nitrogens with one attached hydrogen (secondary N) is 1. The molecule has 0 fully saturated rings. The second kappa shape index (κ2) is 8.03. The predicted molar refractivity (Wildman–Crippen MR) is 57.7 cm³/mol. The molecule has 0 aliphatic rings. The number of alkyl halides is 1. The molecule has 0 amide bonds. The molecule has 0 saturated carbocycles. The summed E-state index contributed by atoms with van der Waals surface area (Å²) in [7, 11) is 5.39. The molecule has 4 nitrogen and oxygen atoms in total. The molecule has 0 bridgehead atoms. The van der Waals surface area contributed by atoms with E-state index in [1.807, 2.05) is 14.1 Å². The van der Waals surface area contributed by atoms with E-state index in [1.54, 1.807) is 0 Å². The van der Waals surface area contributed by atoms with Crippen LogP contribution in [0.2, 0.25) is 0 Å². The molecule has 0 heterocycles. The van der Waals surface area contributed by atoms with E-state index in [9.17, 15) is 4.79 Å². The topological polar surface area (TPSA) is 41.6 Å². The van der Waals surface area contributed by atoms with Gasteiger partial charge in [0.2, 0.25) is 0 Å². The standard InChI is InChI=1S/C9H19ClN2O2/c1-12(2)6-4-5-11-7-8(10)9(13)14-3/h8,11H,4-7H2,1-3H3. The molecule has 84 valence electrons. The highest BCUT2D eigenvalue weighted by molar-refractivity contribution is 6.30. The van der Waals surface area contributed by atoms with E-state index in [0.717, 1.165) is 19.5 Å². The fourth-order valence-corrected chi connectivity index (χ4v) is 1.16. The molecule has 0 aliphatic heterocycles. The Morgan fingerprint density at radius 3 is 2.71 bits per heavy atom. The zero-order valence-electron chi connectivity index (χ0n) is 9.05. The second-order valence-corrected chi connectivity index (χ2v) is 3.88. The van der Waals surface area contributed by atoms with Gasteiger partial charge in [-0.2, -0.15) is 0 Å². The van der Waals surface area contributed by atoms with Crippen LogP contribution in [-0.2, 0) is 9.53 Å². The van der Waals surface area contributed by atoms with Gasteiger partial charge < -0.3 is 15.0 Å². The maximum absolute atomic E-state index is 10.9. The summed E-state index contributed by atoms with van der Waals surface area (Å²) in [6, 6.07) is 0. The summed E-state index contributed by atoms with van der Waals surface area (Å²) < 4.78 is 4.49. The molecule has 14 heavy (non-hydrogen) atoms. The monoisotopic (exact) mass is 222 g/mol. The first-order valence-electron chi connectivity index (χ1n) is 4.65. The minimum atomic E-state index is -0.584. The summed E-state index contributed by atoms with van der Waals surface area (Å²) in [5, 5.41) is 2.51. The van der Waals surface area contributed by atoms with Crippen molar-refractivity contribution < 1.29 is 9.53 Å². The maximum Gasteiger partial charge on any atom is 0.325 e. The molecular weight excluding hydrogens is 204 g/mol. The van der Waals surface area contributed by atoms with Gasteiger partial charge in [0.15, 0.2) is 0 Å². The van der Waals surface area contributed by atoms with Gasteiger partial charge in [-0.05, 0) is 33.6 Å². The van der Waals surface area contributed by atoms with Crippen LogP contribution in [-0.4, -0.2) is 57.1 Å². The molecule has 0 saturated heterocycles. The van der Waals surface area contributed by atoms with Crippen LogP contribution in [0.15, 0.2) is 0 Å². The Bertz CT molecular complexity index is 165. The Balaban J connectivity index is 3.31. The first kappa shape index (κ1) is 13.7. The van der Waals surface area contributed by atoms with Crippen LogP contribution >= 0.6 is 11.6 Å². The summed E-state index contributed by atoms with van der Waals surface area (Å²) in [6.45, 7) is 2.35. The minimum absolute atomic E-state index is 0.383. The van der Waals surface area contributed by atoms with E-state index >= 15 is 0 Å². The van der Waals surface area contributed by atoms with Crippen molar-refractivity contribution in [1.29, 1.82) is 0 Å². The highest BCUT2D eigenvalue weighted by Gasteiger charge is 2.14. The van der Waals surface area contributed by atoms with Crippen molar-refractivity contribution in [3.63, 3.8) is 0 Å². The number of halogens is 1. The predicted octanol–water partition coefficient (Wildman–Crippen LogP) is 0.308. The van der Waals surface area contributed by atoms with Crippen LogP contribution < -0.4 is 5.32 Å². The second-order valence-electron chi connectivity index (χ2n) is 3.35. The van der Waals surface area contributed by atoms with Crippen molar-refractivity contribution >= 4 is 17.6 Å². The van der Waals surface area contributed by atoms with E-state index in [4.69, 9.17) is 11.6 Å². The van der Waals surface area contributed by atoms with Crippen LogP contribution in [0.25, 0.3) is 0 Å². The Morgan fingerprint density at radius 2 is 2.21 bits per heavy atom. The van der Waals surface area contributed by atoms with Gasteiger partial charge in [0, 0.05) is 6.54 Å². The molecular formula is C9H19ClN2O2. The molecule has 1 unspecified atom stereocenters. The Hall–Kier alpha value is -0.320. The van der Waals surface area contributed by atoms with Crippen LogP contribution in [0, 0.1) is 0 Å². The number of rotatable bonds is 7. The largest absolute Gasteiger partial charge is 0.468 e. The van der Waals surface area contributed by atoms with Crippen molar-refractivity contribution in [1.82, 2.24) is 10.2 Å². The Labute approximate surface area is 90.5 Å². The molecule has 0 radical (unpaired) electrons. The van der Waals surface area contributed by atoms with Gasteiger partial charge in [-0.3, -0.25) is 4.79 Å². The van der Waals surface area contributed by atoms with E-state index < -0.39 is 5.38 Å². The van der Waals surface area contributed by atoms with Crippen LogP contribution in [0.1, 0.15) is 6.42 Å². The third-order valence-corrected chi connectivity index (χ3v) is 2.07. The van der Waals surface area contributed by atoms with Gasteiger partial charge in [-0.1, -0.05) is 0 Å². The van der Waals surface area contributed by atoms with E-state index in [0.29, 0.717) is 6.54 Å². The van der Waals surface area contributed by atoms with Gasteiger partial charge in [0.05, 0.1) is 7.11 Å². The van der Waals surface area contributed by atoms with Crippen LogP contribution in [0.4, 0.5) is 0 Å². The number of hydrogen-bond donors (Lipinski definition) is 1. The third kappa shape index (κ3) is 7.12. The summed E-state index contributed by atoms with van der Waals surface area (Å²) in [5.41, 5.74) is 0. The number of esters is 1. The lowest BCUT2D eigenvalue weighted by atomic mass is 10.3. The molecule has 0 aliphatic carbocycles.